The molecule has 0 aromatic heterocycles. The topological polar surface area (TPSA) is 0 Å². The van der Waals surface area contributed by atoms with Gasteiger partial charge in [-0.2, -0.15) is 0 Å². The van der Waals surface area contributed by atoms with Crippen LogP contribution in [-0.2, 0) is 0 Å². The Hall–Kier alpha value is 0. The van der Waals surface area contributed by atoms with Gasteiger partial charge in [-0.05, 0) is 95.2 Å². The Bertz CT molecular complexity index is 522. The van der Waals surface area contributed by atoms with E-state index in [2.05, 4.69) is 62.3 Å². The molecule has 0 amide bonds. The highest BCUT2D eigenvalue weighted by atomic mass is 14.7. The molecule has 15 unspecified atom stereocenters. The molecule has 15 atom stereocenters. The summed E-state index contributed by atoms with van der Waals surface area (Å²) < 4.78 is 0. The van der Waals surface area contributed by atoms with Crippen molar-refractivity contribution < 1.29 is 0 Å². The van der Waals surface area contributed by atoms with Gasteiger partial charge in [-0.25, -0.2) is 0 Å². The maximum Gasteiger partial charge on any atom is -0.0318 e. The van der Waals surface area contributed by atoms with E-state index in [-0.39, 0.29) is 0 Å². The summed E-state index contributed by atoms with van der Waals surface area (Å²) in [6, 6.07) is 0. The molecule has 0 heterocycles. The van der Waals surface area contributed by atoms with Crippen molar-refractivity contribution >= 4 is 0 Å². The molecule has 4 aliphatic rings. The lowest BCUT2D eigenvalue weighted by molar-refractivity contribution is -0.180. The quantitative estimate of drug-likeness (QED) is 0.428. The summed E-state index contributed by atoms with van der Waals surface area (Å²) >= 11 is 0. The highest BCUT2D eigenvalue weighted by Crippen LogP contribution is 2.68. The van der Waals surface area contributed by atoms with Gasteiger partial charge in [0.1, 0.15) is 0 Å². The lowest BCUT2D eigenvalue weighted by Gasteiger charge is -2.65. The summed E-state index contributed by atoms with van der Waals surface area (Å²) in [5, 5.41) is 0. The molecule has 26 heavy (non-hydrogen) atoms. The fourth-order valence-electron chi connectivity index (χ4n) is 9.59. The summed E-state index contributed by atoms with van der Waals surface area (Å²) in [6.07, 6.45) is 3.05. The summed E-state index contributed by atoms with van der Waals surface area (Å²) in [7, 11) is 0. The summed E-state index contributed by atoms with van der Waals surface area (Å²) in [5.74, 6) is 14.4. The normalized spacial score (nSPS) is 65.2. The molecular formula is C26H46. The minimum Gasteiger partial charge on any atom is -0.0622 e. The molecule has 0 heteroatoms. The van der Waals surface area contributed by atoms with Crippen molar-refractivity contribution in [2.24, 2.45) is 88.8 Å². The molecular weight excluding hydrogens is 312 g/mol. The molecule has 0 nitrogen and oxygen atoms in total. The number of rotatable bonds is 0. The first kappa shape index (κ1) is 19.3. The summed E-state index contributed by atoms with van der Waals surface area (Å²) in [6.45, 7) is 23.6. The van der Waals surface area contributed by atoms with Crippen LogP contribution in [0.4, 0.5) is 0 Å². The second-order valence-electron chi connectivity index (χ2n) is 12.0. The largest absolute Gasteiger partial charge is 0.0622 e. The molecule has 0 N–H and O–H groups in total. The highest BCUT2D eigenvalue weighted by molar-refractivity contribution is 5.10. The highest BCUT2D eigenvalue weighted by Gasteiger charge is 2.63. The second-order valence-corrected chi connectivity index (χ2v) is 12.0. The molecule has 0 saturated heterocycles. The maximum absolute atomic E-state index is 2.65. The predicted molar refractivity (Wildman–Crippen MR) is 113 cm³/mol. The fraction of sp³-hybridized carbons (Fsp3) is 1.00. The minimum atomic E-state index is 0.900. The van der Waals surface area contributed by atoms with Crippen LogP contribution in [-0.4, -0.2) is 0 Å². The summed E-state index contributed by atoms with van der Waals surface area (Å²) in [5.41, 5.74) is 0. The first-order valence-corrected chi connectivity index (χ1v) is 12.2. The van der Waals surface area contributed by atoms with Gasteiger partial charge in [-0.3, -0.25) is 0 Å². The lowest BCUT2D eigenvalue weighted by Crippen LogP contribution is -2.61. The smallest absolute Gasteiger partial charge is 0.0318 e. The molecule has 0 bridgehead atoms. The van der Waals surface area contributed by atoms with Gasteiger partial charge in [-0.1, -0.05) is 68.7 Å². The zero-order valence-corrected chi connectivity index (χ0v) is 19.1. The molecule has 0 aliphatic heterocycles. The fourth-order valence-corrected chi connectivity index (χ4v) is 9.59. The van der Waals surface area contributed by atoms with E-state index in [0.717, 1.165) is 88.8 Å². The zero-order valence-electron chi connectivity index (χ0n) is 19.1. The molecule has 0 spiro atoms. The third-order valence-electron chi connectivity index (χ3n) is 11.8. The second kappa shape index (κ2) is 6.52. The van der Waals surface area contributed by atoms with Crippen LogP contribution in [0.1, 0.15) is 75.2 Å². The number of hydrogen-bond acceptors (Lipinski definition) is 0. The van der Waals surface area contributed by atoms with Crippen LogP contribution < -0.4 is 0 Å². The van der Waals surface area contributed by atoms with Crippen LogP contribution in [0.3, 0.4) is 0 Å². The van der Waals surface area contributed by atoms with Crippen molar-refractivity contribution in [2.45, 2.75) is 75.2 Å². The molecule has 4 aliphatic carbocycles. The average molecular weight is 359 g/mol. The Morgan fingerprint density at radius 2 is 0.692 bits per heavy atom. The van der Waals surface area contributed by atoms with Crippen LogP contribution in [0, 0.1) is 88.8 Å². The van der Waals surface area contributed by atoms with Crippen LogP contribution >= 0.6 is 0 Å². The maximum atomic E-state index is 2.65. The van der Waals surface area contributed by atoms with Crippen molar-refractivity contribution in [1.29, 1.82) is 0 Å². The molecule has 0 aromatic carbocycles. The number of hydrogen-bond donors (Lipinski definition) is 0. The average Bonchev–Trinajstić information content (AvgIpc) is 3.00. The van der Waals surface area contributed by atoms with E-state index in [4.69, 9.17) is 0 Å². The Labute approximate surface area is 164 Å². The van der Waals surface area contributed by atoms with E-state index in [9.17, 15) is 0 Å². The van der Waals surface area contributed by atoms with E-state index < -0.39 is 0 Å². The third-order valence-corrected chi connectivity index (χ3v) is 11.8. The van der Waals surface area contributed by atoms with E-state index in [1.54, 1.807) is 6.42 Å². The molecule has 4 rings (SSSR count). The standard InChI is InChI=1S/C26H46/c1-12-10-11-21-22(12)24-18(7)15(4)16(5)20(9)26(24)25-19(8)14(3)13(2)17(6)23(21)25/h12-26H,10-11H2,1-9H3. The van der Waals surface area contributed by atoms with Crippen molar-refractivity contribution in [2.75, 3.05) is 0 Å². The minimum absolute atomic E-state index is 0.900. The van der Waals surface area contributed by atoms with Gasteiger partial charge in [0, 0.05) is 0 Å². The van der Waals surface area contributed by atoms with Crippen LogP contribution in [0.5, 0.6) is 0 Å². The Morgan fingerprint density at radius 1 is 0.346 bits per heavy atom. The lowest BCUT2D eigenvalue weighted by atomic mass is 9.39. The predicted octanol–water partition coefficient (Wildman–Crippen LogP) is 7.24. The van der Waals surface area contributed by atoms with Gasteiger partial charge in [0.15, 0.2) is 0 Å². The Balaban J connectivity index is 1.83. The molecule has 150 valence electrons. The van der Waals surface area contributed by atoms with Crippen LogP contribution in [0.25, 0.3) is 0 Å². The molecule has 4 fully saturated rings. The van der Waals surface area contributed by atoms with E-state index >= 15 is 0 Å². The Kier molecular flexibility index (Phi) is 4.84. The van der Waals surface area contributed by atoms with Gasteiger partial charge in [0.25, 0.3) is 0 Å². The first-order chi connectivity index (χ1) is 12.2. The zero-order chi connectivity index (χ0) is 19.1. The van der Waals surface area contributed by atoms with E-state index in [0.29, 0.717) is 0 Å². The van der Waals surface area contributed by atoms with Crippen LogP contribution in [0.2, 0.25) is 0 Å². The van der Waals surface area contributed by atoms with E-state index in [1.807, 2.05) is 0 Å². The first-order valence-electron chi connectivity index (χ1n) is 12.2. The molecule has 0 radical (unpaired) electrons. The Morgan fingerprint density at radius 3 is 1.15 bits per heavy atom. The third kappa shape index (κ3) is 2.38. The SMILES string of the molecule is CC1CCC2C1C1C(C)C(C)C(C)C(C)C1C1C(C)C(C)C(C)C(C)C21. The van der Waals surface area contributed by atoms with Crippen molar-refractivity contribution in [1.82, 2.24) is 0 Å². The summed E-state index contributed by atoms with van der Waals surface area (Å²) in [4.78, 5) is 0. The van der Waals surface area contributed by atoms with Crippen LogP contribution in [0.15, 0.2) is 0 Å². The van der Waals surface area contributed by atoms with Gasteiger partial charge in [0.05, 0.1) is 0 Å². The van der Waals surface area contributed by atoms with Gasteiger partial charge >= 0.3 is 0 Å². The van der Waals surface area contributed by atoms with Crippen molar-refractivity contribution in [3.8, 4) is 0 Å². The van der Waals surface area contributed by atoms with Gasteiger partial charge in [-0.15, -0.1) is 0 Å². The molecule has 4 saturated carbocycles. The van der Waals surface area contributed by atoms with Gasteiger partial charge < -0.3 is 0 Å². The van der Waals surface area contributed by atoms with Crippen molar-refractivity contribution in [3.05, 3.63) is 0 Å². The van der Waals surface area contributed by atoms with Crippen molar-refractivity contribution in [3.63, 3.8) is 0 Å². The monoisotopic (exact) mass is 358 g/mol. The van der Waals surface area contributed by atoms with E-state index in [1.165, 1.54) is 6.42 Å². The number of fused-ring (bicyclic) bond motifs is 6. The van der Waals surface area contributed by atoms with Gasteiger partial charge in [0.2, 0.25) is 0 Å². The molecule has 0 aromatic rings.